The van der Waals surface area contributed by atoms with Gasteiger partial charge in [-0.2, -0.15) is 0 Å². The molecule has 33 heavy (non-hydrogen) atoms. The second-order valence-electron chi connectivity index (χ2n) is 8.48. The van der Waals surface area contributed by atoms with Gasteiger partial charge >= 0.3 is 0 Å². The first-order valence-corrected chi connectivity index (χ1v) is 11.0. The van der Waals surface area contributed by atoms with Gasteiger partial charge in [-0.15, -0.1) is 15.3 Å². The van der Waals surface area contributed by atoms with Crippen LogP contribution in [0.15, 0.2) is 39.9 Å². The highest BCUT2D eigenvalue weighted by molar-refractivity contribution is 5.85. The molecule has 0 fully saturated rings. The summed E-state index contributed by atoms with van der Waals surface area (Å²) in [6.45, 7) is 1.57. The van der Waals surface area contributed by atoms with E-state index in [1.54, 1.807) is 11.1 Å². The van der Waals surface area contributed by atoms with Gasteiger partial charge in [0.25, 0.3) is 0 Å². The highest BCUT2D eigenvalue weighted by Crippen LogP contribution is 2.22. The summed E-state index contributed by atoms with van der Waals surface area (Å²) in [5.74, 6) is 1.33. The van der Waals surface area contributed by atoms with Crippen molar-refractivity contribution < 1.29 is 9.21 Å². The Morgan fingerprint density at radius 2 is 2.03 bits per heavy atom. The van der Waals surface area contributed by atoms with Gasteiger partial charge in [-0.25, -0.2) is 4.99 Å². The van der Waals surface area contributed by atoms with Crippen LogP contribution in [-0.4, -0.2) is 61.5 Å². The van der Waals surface area contributed by atoms with E-state index in [1.807, 2.05) is 0 Å². The van der Waals surface area contributed by atoms with Gasteiger partial charge in [-0.1, -0.05) is 29.5 Å². The number of aromatic amines is 1. The van der Waals surface area contributed by atoms with E-state index in [2.05, 4.69) is 65.5 Å². The Balaban J connectivity index is 1.06. The molecule has 1 aliphatic carbocycles. The number of nitrogens with zero attached hydrogens (tertiary/aromatic N) is 6. The molecule has 3 aromatic rings. The van der Waals surface area contributed by atoms with Crippen molar-refractivity contribution in [2.24, 2.45) is 4.99 Å². The maximum Gasteiger partial charge on any atom is 0.247 e. The Morgan fingerprint density at radius 1 is 1.18 bits per heavy atom. The fourth-order valence-electron chi connectivity index (χ4n) is 4.50. The number of aliphatic imine (C=N–C) groups is 1. The molecule has 2 aliphatic heterocycles. The summed E-state index contributed by atoms with van der Waals surface area (Å²) in [6, 6.07) is 8.85. The average Bonchev–Trinajstić information content (AvgIpc) is 3.58. The number of amides is 1. The van der Waals surface area contributed by atoms with Gasteiger partial charge in [-0.05, 0) is 24.0 Å². The van der Waals surface area contributed by atoms with E-state index >= 15 is 0 Å². The first-order valence-electron chi connectivity index (χ1n) is 11.0. The third kappa shape index (κ3) is 3.97. The van der Waals surface area contributed by atoms with E-state index in [-0.39, 0.29) is 12.3 Å². The van der Waals surface area contributed by atoms with Gasteiger partial charge in [0.2, 0.25) is 17.7 Å². The predicted octanol–water partition coefficient (Wildman–Crippen LogP) is 0.372. The lowest BCUT2D eigenvalue weighted by atomic mass is 10.1. The van der Waals surface area contributed by atoms with Crippen molar-refractivity contribution in [2.75, 3.05) is 13.1 Å². The van der Waals surface area contributed by atoms with Gasteiger partial charge in [0.1, 0.15) is 12.1 Å². The van der Waals surface area contributed by atoms with Gasteiger partial charge in [-0.3, -0.25) is 9.89 Å². The molecule has 0 saturated heterocycles. The van der Waals surface area contributed by atoms with Crippen LogP contribution in [0.1, 0.15) is 34.3 Å². The number of rotatable bonds is 4. The topological polar surface area (TPSA) is 137 Å². The number of hydrogen-bond donors (Lipinski definition) is 3. The van der Waals surface area contributed by atoms with Gasteiger partial charge in [0, 0.05) is 31.8 Å². The summed E-state index contributed by atoms with van der Waals surface area (Å²) in [7, 11) is 0. The third-order valence-corrected chi connectivity index (χ3v) is 6.26. The zero-order chi connectivity index (χ0) is 22.2. The number of fused-ring (bicyclic) bond motifs is 2. The first-order chi connectivity index (χ1) is 16.2. The van der Waals surface area contributed by atoms with E-state index in [4.69, 9.17) is 4.42 Å². The number of carbonyl (C=O) groups excluding carboxylic acids is 1. The van der Waals surface area contributed by atoms with Crippen LogP contribution in [0.5, 0.6) is 0 Å². The molecule has 1 amide bonds. The number of aromatic nitrogens is 5. The van der Waals surface area contributed by atoms with Crippen molar-refractivity contribution in [3.05, 3.63) is 64.8 Å². The molecule has 0 atom stereocenters. The molecule has 1 aromatic carbocycles. The minimum atomic E-state index is -0.0725. The maximum atomic E-state index is 12.7. The molecule has 0 unspecified atom stereocenters. The summed E-state index contributed by atoms with van der Waals surface area (Å²) < 4.78 is 5.75. The Hall–Kier alpha value is -4.02. The van der Waals surface area contributed by atoms with Crippen molar-refractivity contribution >= 4 is 17.4 Å². The second-order valence-corrected chi connectivity index (χ2v) is 8.48. The molecule has 168 valence electrons. The van der Waals surface area contributed by atoms with E-state index < -0.39 is 0 Å². The molecular weight excluding hydrogens is 422 g/mol. The normalized spacial score (nSPS) is 17.6. The van der Waals surface area contributed by atoms with Crippen LogP contribution in [0.4, 0.5) is 0 Å². The Kier molecular flexibility index (Phi) is 4.85. The van der Waals surface area contributed by atoms with Crippen molar-refractivity contribution in [2.45, 2.75) is 38.3 Å². The third-order valence-electron chi connectivity index (χ3n) is 6.26. The quantitative estimate of drug-likeness (QED) is 0.524. The second kappa shape index (κ2) is 8.15. The Labute approximate surface area is 189 Å². The molecule has 2 aromatic heterocycles. The van der Waals surface area contributed by atoms with E-state index in [1.165, 1.54) is 11.1 Å². The number of carbonyl (C=O) groups is 1. The molecule has 4 heterocycles. The van der Waals surface area contributed by atoms with Crippen molar-refractivity contribution in [1.82, 2.24) is 41.1 Å². The lowest BCUT2D eigenvalue weighted by Gasteiger charge is -2.25. The van der Waals surface area contributed by atoms with Crippen molar-refractivity contribution in [3.63, 3.8) is 0 Å². The molecular formula is C22H23N9O2. The average molecular weight is 445 g/mol. The minimum absolute atomic E-state index is 0.0548. The zero-order valence-electron chi connectivity index (χ0n) is 17.9. The lowest BCUT2D eigenvalue weighted by Crippen LogP contribution is -2.45. The monoisotopic (exact) mass is 445 g/mol. The van der Waals surface area contributed by atoms with E-state index in [0.717, 1.165) is 35.8 Å². The largest absolute Gasteiger partial charge is 0.420 e. The van der Waals surface area contributed by atoms with Crippen molar-refractivity contribution in [3.8, 4) is 0 Å². The highest BCUT2D eigenvalue weighted by atomic mass is 16.4. The zero-order valence-corrected chi connectivity index (χ0v) is 17.9. The minimum Gasteiger partial charge on any atom is -0.420 e. The van der Waals surface area contributed by atoms with Crippen LogP contribution in [-0.2, 0) is 37.0 Å². The van der Waals surface area contributed by atoms with Gasteiger partial charge in [0.05, 0.1) is 17.8 Å². The number of nitrogens with one attached hydrogen (secondary N) is 3. The highest BCUT2D eigenvalue weighted by Gasteiger charge is 2.26. The van der Waals surface area contributed by atoms with E-state index in [9.17, 15) is 4.79 Å². The summed E-state index contributed by atoms with van der Waals surface area (Å²) in [4.78, 5) is 18.9. The number of benzene rings is 1. The molecule has 3 aliphatic rings. The van der Waals surface area contributed by atoms with Crippen LogP contribution in [0, 0.1) is 0 Å². The molecule has 11 heteroatoms. The summed E-state index contributed by atoms with van der Waals surface area (Å²) in [5.41, 5.74) is 5.36. The van der Waals surface area contributed by atoms with Crippen LogP contribution >= 0.6 is 0 Å². The Morgan fingerprint density at radius 3 is 2.82 bits per heavy atom. The molecule has 0 bridgehead atoms. The summed E-state index contributed by atoms with van der Waals surface area (Å²) >= 11 is 0. The first kappa shape index (κ1) is 19.6. The Bertz CT molecular complexity index is 1230. The number of guanidine groups is 1. The SMILES string of the molecule is O=C(Cc1nnc(C2=CN=C(NC3Cc4ccccc4C3)NC2)o1)N1CCc2[nH]nnc2C1. The standard InChI is InChI=1S/C22H23N9O2/c32-20(31-6-5-17-18(12-31)27-30-26-17)9-19-28-29-21(33-19)15-10-23-22(24-11-15)25-16-7-13-3-1-2-4-14(13)8-16/h1-4,10,16H,5-9,11-12H2,(H2,23,24,25)(H,26,27,30). The summed E-state index contributed by atoms with van der Waals surface area (Å²) in [6.07, 6.45) is 4.48. The van der Waals surface area contributed by atoms with Gasteiger partial charge < -0.3 is 20.0 Å². The summed E-state index contributed by atoms with van der Waals surface area (Å²) in [5, 5.41) is 25.6. The molecule has 0 spiro atoms. The van der Waals surface area contributed by atoms with Crippen LogP contribution in [0.2, 0.25) is 0 Å². The molecule has 3 N–H and O–H groups in total. The van der Waals surface area contributed by atoms with Crippen LogP contribution in [0.3, 0.4) is 0 Å². The number of hydrogen-bond acceptors (Lipinski definition) is 9. The van der Waals surface area contributed by atoms with Crippen molar-refractivity contribution in [1.29, 1.82) is 0 Å². The smallest absolute Gasteiger partial charge is 0.247 e. The molecule has 11 nitrogen and oxygen atoms in total. The van der Waals surface area contributed by atoms with Crippen LogP contribution in [0.25, 0.3) is 5.57 Å². The predicted molar refractivity (Wildman–Crippen MR) is 118 cm³/mol. The van der Waals surface area contributed by atoms with E-state index in [0.29, 0.717) is 43.9 Å². The fraction of sp³-hybridized carbons (Fsp3) is 0.364. The molecule has 0 saturated carbocycles. The molecule has 0 radical (unpaired) electrons. The maximum absolute atomic E-state index is 12.7. The number of H-pyrrole nitrogens is 1. The fourth-order valence-corrected chi connectivity index (χ4v) is 4.50. The van der Waals surface area contributed by atoms with Gasteiger partial charge in [0.15, 0.2) is 5.96 Å². The lowest BCUT2D eigenvalue weighted by molar-refractivity contribution is -0.131. The van der Waals surface area contributed by atoms with Crippen LogP contribution < -0.4 is 10.6 Å². The molecule has 6 rings (SSSR count).